The van der Waals surface area contributed by atoms with Crippen LogP contribution in [0.5, 0.6) is 17.2 Å². The van der Waals surface area contributed by atoms with Gasteiger partial charge in [0.1, 0.15) is 40.8 Å². The van der Waals surface area contributed by atoms with Crippen LogP contribution in [0.1, 0.15) is 231 Å². The van der Waals surface area contributed by atoms with Crippen LogP contribution in [-0.2, 0) is 38.9 Å². The highest BCUT2D eigenvalue weighted by Gasteiger charge is 2.30. The average molecular weight is 1070 g/mol. The van der Waals surface area contributed by atoms with Gasteiger partial charge in [0.25, 0.3) is 0 Å². The molecule has 0 radical (unpaired) electrons. The second-order valence-corrected chi connectivity index (χ2v) is 26.5. The normalized spacial score (nSPS) is 12.6. The molecule has 0 aliphatic carbocycles. The highest BCUT2D eigenvalue weighted by molar-refractivity contribution is 5.77. The predicted octanol–water partition coefficient (Wildman–Crippen LogP) is 16.4. The van der Waals surface area contributed by atoms with Crippen LogP contribution >= 0.6 is 0 Å². The lowest BCUT2D eigenvalue weighted by molar-refractivity contribution is 0.112. The van der Waals surface area contributed by atoms with Crippen LogP contribution in [0.3, 0.4) is 0 Å². The number of hydrogen-bond donors (Lipinski definition) is 4. The molecule has 7 aromatic rings. The maximum absolute atomic E-state index is 11.0. The smallest absolute Gasteiger partial charge is 0.159 e. The summed E-state index contributed by atoms with van der Waals surface area (Å²) in [5.41, 5.74) is 10.2. The van der Waals surface area contributed by atoms with Crippen LogP contribution in [0, 0.1) is 41.5 Å². The molecule has 0 amide bonds. The second-order valence-electron chi connectivity index (χ2n) is 26.5. The first kappa shape index (κ1) is 65.6. The van der Waals surface area contributed by atoms with Gasteiger partial charge in [-0.15, -0.1) is 0 Å². The fraction of sp³-hybridized carbons (Fsp3) is 0.492. The Morgan fingerprint density at radius 3 is 0.974 bits per heavy atom. The van der Waals surface area contributed by atoms with E-state index in [9.17, 15) is 25.2 Å². The lowest BCUT2D eigenvalue weighted by Gasteiger charge is -2.29. The highest BCUT2D eigenvalue weighted by Crippen LogP contribution is 2.43. The minimum Gasteiger partial charge on any atom is -0.507 e. The van der Waals surface area contributed by atoms with Gasteiger partial charge in [-0.2, -0.15) is 0 Å². The topological polar surface area (TPSA) is 202 Å². The molecule has 4 aromatic heterocycles. The van der Waals surface area contributed by atoms with Gasteiger partial charge in [0.2, 0.25) is 0 Å². The molecule has 0 fully saturated rings. The number of nitrogens with zero attached hydrogens (tertiary/aromatic N) is 4. The zero-order valence-electron chi connectivity index (χ0n) is 51.4. The Balaban J connectivity index is 0.000000275. The molecule has 1 atom stereocenters. The van der Waals surface area contributed by atoms with E-state index in [2.05, 4.69) is 104 Å². The maximum atomic E-state index is 11.0. The first-order chi connectivity index (χ1) is 35.5. The number of aromatic nitrogens is 4. The summed E-state index contributed by atoms with van der Waals surface area (Å²) in [6.45, 7) is 48.5. The van der Waals surface area contributed by atoms with Gasteiger partial charge < -0.3 is 38.5 Å². The third-order valence-corrected chi connectivity index (χ3v) is 12.4. The summed E-state index contributed by atoms with van der Waals surface area (Å²) in [6.07, 6.45) is 4.40. The van der Waals surface area contributed by atoms with Crippen LogP contribution in [0.4, 0.5) is 0 Å². The first-order valence-corrected chi connectivity index (χ1v) is 26.6. The lowest BCUT2D eigenvalue weighted by Crippen LogP contribution is -2.18. The molecule has 78 heavy (non-hydrogen) atoms. The number of phenols is 3. The van der Waals surface area contributed by atoms with Crippen molar-refractivity contribution >= 4 is 18.4 Å². The quantitative estimate of drug-likeness (QED) is 0.115. The number of carbonyl (C=O) groups is 1. The Morgan fingerprint density at radius 1 is 0.410 bits per heavy atom. The van der Waals surface area contributed by atoms with Gasteiger partial charge in [0.15, 0.2) is 5.76 Å². The van der Waals surface area contributed by atoms with Gasteiger partial charge in [0, 0.05) is 58.5 Å². The molecule has 0 spiro atoms. The van der Waals surface area contributed by atoms with Crippen molar-refractivity contribution in [3.63, 3.8) is 0 Å². The minimum absolute atomic E-state index is 0.128. The molecule has 1 unspecified atom stereocenters. The van der Waals surface area contributed by atoms with Gasteiger partial charge in [-0.1, -0.05) is 151 Å². The molecule has 0 bridgehead atoms. The van der Waals surface area contributed by atoms with Crippen molar-refractivity contribution in [3.05, 3.63) is 157 Å². The molecule has 0 aliphatic heterocycles. The Bertz CT molecular complexity index is 2910. The summed E-state index contributed by atoms with van der Waals surface area (Å²) in [7, 11) is 0. The van der Waals surface area contributed by atoms with E-state index >= 15 is 0 Å². The molecule has 0 saturated carbocycles. The SMILES string of the molecule is CC(C)(C)c1cc(C=O)cc(C(C)(C)C)c1O.Cc1cc(/C=C/c2cc(C(C)(C)C)c(O)c(C(C)(C)C)c2)on1.Cc1cc(C)on1.Cc1cc(C)on1.Cc1cc(CC(O)c2cc(C(C)(C)C)c(O)c(C(C)(C)C)c2)on1. The highest BCUT2D eigenvalue weighted by atomic mass is 16.5. The van der Waals surface area contributed by atoms with Crippen molar-refractivity contribution < 1.29 is 43.3 Å². The van der Waals surface area contributed by atoms with Crippen molar-refractivity contribution in [3.8, 4) is 17.2 Å². The van der Waals surface area contributed by atoms with Crippen molar-refractivity contribution in [2.75, 3.05) is 0 Å². The van der Waals surface area contributed by atoms with E-state index in [-0.39, 0.29) is 32.5 Å². The monoisotopic (exact) mass is 1070 g/mol. The Labute approximate surface area is 465 Å². The van der Waals surface area contributed by atoms with Crippen molar-refractivity contribution in [2.24, 2.45) is 0 Å². The van der Waals surface area contributed by atoms with E-state index in [0.29, 0.717) is 35.0 Å². The van der Waals surface area contributed by atoms with E-state index in [0.717, 1.165) is 90.9 Å². The van der Waals surface area contributed by atoms with Gasteiger partial charge in [-0.3, -0.25) is 4.79 Å². The fourth-order valence-corrected chi connectivity index (χ4v) is 8.20. The van der Waals surface area contributed by atoms with Crippen LogP contribution < -0.4 is 0 Å². The third-order valence-electron chi connectivity index (χ3n) is 12.4. The van der Waals surface area contributed by atoms with E-state index in [1.807, 2.05) is 144 Å². The van der Waals surface area contributed by atoms with Gasteiger partial charge in [-0.05, 0) is 139 Å². The third kappa shape index (κ3) is 19.6. The number of aromatic hydroxyl groups is 3. The van der Waals surface area contributed by atoms with Crippen LogP contribution in [0.25, 0.3) is 12.2 Å². The molecular formula is C65H92N4O9. The number of rotatable bonds is 6. The zero-order chi connectivity index (χ0) is 59.7. The number of benzene rings is 3. The van der Waals surface area contributed by atoms with E-state index in [1.165, 1.54) is 0 Å². The molecule has 13 heteroatoms. The van der Waals surface area contributed by atoms with Gasteiger partial charge in [0.05, 0.1) is 28.9 Å². The summed E-state index contributed by atoms with van der Waals surface area (Å²) >= 11 is 0. The summed E-state index contributed by atoms with van der Waals surface area (Å²) in [6, 6.07) is 19.0. The van der Waals surface area contributed by atoms with Crippen molar-refractivity contribution in [1.29, 1.82) is 0 Å². The summed E-state index contributed by atoms with van der Waals surface area (Å²) in [5, 5.41) is 57.6. The number of aliphatic hydroxyl groups is 1. The molecule has 0 aliphatic rings. The molecule has 4 heterocycles. The predicted molar refractivity (Wildman–Crippen MR) is 314 cm³/mol. The number of carbonyl (C=O) groups excluding carboxylic acids is 1. The standard InChI is InChI=1S/C20H29NO3.C20H27NO2.C15H22O2.2C5H7NO/c1-12-8-14(24-21-12)11-17(22)13-9-15(19(2,3)4)18(23)16(10-13)20(5,6)7;1-13-10-15(23-21-13)9-8-14-11-16(19(2,3)4)18(22)17(12-14)20(5,6)7;1-14(2,3)11-7-10(9-16)8-12(13(11)17)15(4,5)6;2*1-4-3-5(2)7-6-4/h8-10,17,22-23H,11H2,1-7H3;8-12,22H,1-7H3;7-9,17H,1-6H3;2*3H,1-2H3/b;9-8+;;;. The van der Waals surface area contributed by atoms with Gasteiger partial charge >= 0.3 is 0 Å². The Hall–Kier alpha value is -6.73. The number of hydrogen-bond acceptors (Lipinski definition) is 13. The largest absolute Gasteiger partial charge is 0.507 e. The minimum atomic E-state index is -0.708. The van der Waals surface area contributed by atoms with Crippen LogP contribution in [-0.4, -0.2) is 47.3 Å². The van der Waals surface area contributed by atoms with Crippen LogP contribution in [0.2, 0.25) is 0 Å². The van der Waals surface area contributed by atoms with Gasteiger partial charge in [-0.25, -0.2) is 0 Å². The van der Waals surface area contributed by atoms with Crippen molar-refractivity contribution in [2.45, 2.75) is 211 Å². The molecule has 13 nitrogen and oxygen atoms in total. The maximum Gasteiger partial charge on any atom is 0.159 e. The summed E-state index contributed by atoms with van der Waals surface area (Å²) in [4.78, 5) is 11.0. The number of aryl methyl sites for hydroxylation is 6. The second kappa shape index (κ2) is 25.8. The van der Waals surface area contributed by atoms with Crippen molar-refractivity contribution in [1.82, 2.24) is 20.6 Å². The van der Waals surface area contributed by atoms with E-state index in [4.69, 9.17) is 18.1 Å². The number of aldehydes is 1. The Morgan fingerprint density at radius 2 is 0.718 bits per heavy atom. The number of phenolic OH excluding ortho intramolecular Hbond substituents is 3. The average Bonchev–Trinajstić information content (AvgIpc) is 4.10. The summed E-state index contributed by atoms with van der Waals surface area (Å²) < 4.78 is 19.9. The number of aliphatic hydroxyl groups excluding tert-OH is 1. The Kier molecular flexibility index (Phi) is 21.7. The fourth-order valence-electron chi connectivity index (χ4n) is 8.20. The first-order valence-electron chi connectivity index (χ1n) is 26.6. The molecule has 4 N–H and O–H groups in total. The molecule has 3 aromatic carbocycles. The molecular weight excluding hydrogens is 981 g/mol. The molecule has 426 valence electrons. The molecule has 7 rings (SSSR count). The summed E-state index contributed by atoms with van der Waals surface area (Å²) in [5.74, 6) is 4.16. The zero-order valence-corrected chi connectivity index (χ0v) is 51.4. The lowest BCUT2D eigenvalue weighted by atomic mass is 9.77. The molecule has 0 saturated heterocycles. The van der Waals surface area contributed by atoms with Crippen LogP contribution in [0.15, 0.2) is 78.8 Å². The van der Waals surface area contributed by atoms with E-state index < -0.39 is 6.10 Å². The van der Waals surface area contributed by atoms with E-state index in [1.54, 1.807) is 12.1 Å².